The van der Waals surface area contributed by atoms with E-state index in [2.05, 4.69) is 0 Å². The van der Waals surface area contributed by atoms with Crippen LogP contribution < -0.4 is 4.90 Å². The Labute approximate surface area is 199 Å². The molecule has 3 unspecified atom stereocenters. The third-order valence-electron chi connectivity index (χ3n) is 7.24. The van der Waals surface area contributed by atoms with Gasteiger partial charge in [-0.15, -0.1) is 0 Å². The number of carbonyl (C=O) groups excluding carboxylic acids is 3. The third kappa shape index (κ3) is 4.27. The minimum atomic E-state index is -0.373. The maximum Gasteiger partial charge on any atom is 0.414 e. The first kappa shape index (κ1) is 22.4. The second-order valence-corrected chi connectivity index (χ2v) is 9.33. The van der Waals surface area contributed by atoms with E-state index in [0.717, 1.165) is 42.5 Å². The summed E-state index contributed by atoms with van der Waals surface area (Å²) in [6.07, 6.45) is 3.65. The number of carbonyl (C=O) groups is 3. The van der Waals surface area contributed by atoms with Crippen molar-refractivity contribution in [2.24, 2.45) is 5.92 Å². The molecule has 0 aromatic heterocycles. The summed E-state index contributed by atoms with van der Waals surface area (Å²) in [6, 6.07) is 17.6. The van der Waals surface area contributed by atoms with Gasteiger partial charge in [-0.1, -0.05) is 48.5 Å². The lowest BCUT2D eigenvalue weighted by Crippen LogP contribution is -2.59. The molecule has 2 aliphatic carbocycles. The molecule has 2 saturated carbocycles. The summed E-state index contributed by atoms with van der Waals surface area (Å²) in [7, 11) is 1.34. The van der Waals surface area contributed by atoms with E-state index in [1.54, 1.807) is 4.90 Å². The van der Waals surface area contributed by atoms with Gasteiger partial charge >= 0.3 is 12.1 Å². The van der Waals surface area contributed by atoms with Crippen LogP contribution in [0.15, 0.2) is 54.6 Å². The standard InChI is InChI=1S/C27H30N2O5/c1-33-25(31)16-15-24(30)28(19-11-12-19)26-20-9-5-6-10-22(20)29(23-14-13-21(23)26)27(32)34-17-18-7-3-2-4-8-18/h2-10,19,21,23,26H,11-17H2,1H3. The average molecular weight is 463 g/mol. The Bertz CT molecular complexity index is 1070. The second kappa shape index (κ2) is 9.49. The first-order valence-electron chi connectivity index (χ1n) is 12.0. The third-order valence-corrected chi connectivity index (χ3v) is 7.24. The van der Waals surface area contributed by atoms with Crippen molar-refractivity contribution in [2.45, 2.75) is 63.3 Å². The predicted octanol–water partition coefficient (Wildman–Crippen LogP) is 4.61. The highest BCUT2D eigenvalue weighted by Crippen LogP contribution is 2.54. The van der Waals surface area contributed by atoms with Crippen molar-refractivity contribution >= 4 is 23.7 Å². The number of rotatable bonds is 7. The van der Waals surface area contributed by atoms with Gasteiger partial charge in [0.25, 0.3) is 0 Å². The van der Waals surface area contributed by atoms with Crippen molar-refractivity contribution in [1.82, 2.24) is 4.90 Å². The van der Waals surface area contributed by atoms with Crippen LogP contribution in [0.1, 0.15) is 55.7 Å². The number of hydrogen-bond acceptors (Lipinski definition) is 5. The Morgan fingerprint density at radius 3 is 2.35 bits per heavy atom. The van der Waals surface area contributed by atoms with Crippen LogP contribution in [0.4, 0.5) is 10.5 Å². The van der Waals surface area contributed by atoms with Gasteiger partial charge in [0.1, 0.15) is 6.61 Å². The molecule has 0 N–H and O–H groups in total. The molecule has 3 aliphatic rings. The molecule has 34 heavy (non-hydrogen) atoms. The zero-order chi connectivity index (χ0) is 23.7. The fourth-order valence-electron chi connectivity index (χ4n) is 5.32. The van der Waals surface area contributed by atoms with Crippen LogP contribution in [0.5, 0.6) is 0 Å². The van der Waals surface area contributed by atoms with Gasteiger partial charge in [-0.2, -0.15) is 0 Å². The van der Waals surface area contributed by atoms with Gasteiger partial charge in [-0.25, -0.2) is 4.79 Å². The maximum atomic E-state index is 13.3. The summed E-state index contributed by atoms with van der Waals surface area (Å²) in [5.41, 5.74) is 2.75. The quantitative estimate of drug-likeness (QED) is 0.562. The Hall–Kier alpha value is -3.35. The van der Waals surface area contributed by atoms with Gasteiger partial charge in [0.05, 0.1) is 25.3 Å². The van der Waals surface area contributed by atoms with Crippen molar-refractivity contribution in [2.75, 3.05) is 12.0 Å². The summed E-state index contributed by atoms with van der Waals surface area (Å²) in [5, 5.41) is 0. The monoisotopic (exact) mass is 462 g/mol. The molecule has 0 saturated heterocycles. The molecule has 2 aromatic carbocycles. The summed E-state index contributed by atoms with van der Waals surface area (Å²) in [5.74, 6) is -0.234. The minimum absolute atomic E-state index is 0.00201. The Morgan fingerprint density at radius 2 is 1.68 bits per heavy atom. The Kier molecular flexibility index (Phi) is 6.26. The molecule has 2 amide bonds. The summed E-state index contributed by atoms with van der Waals surface area (Å²) in [4.78, 5) is 42.0. The van der Waals surface area contributed by atoms with Gasteiger partial charge in [0.15, 0.2) is 0 Å². The van der Waals surface area contributed by atoms with Crippen LogP contribution >= 0.6 is 0 Å². The largest absolute Gasteiger partial charge is 0.469 e. The van der Waals surface area contributed by atoms with Gasteiger partial charge < -0.3 is 14.4 Å². The van der Waals surface area contributed by atoms with Crippen LogP contribution in [0.25, 0.3) is 0 Å². The number of methoxy groups -OCH3 is 1. The Morgan fingerprint density at radius 1 is 0.941 bits per heavy atom. The van der Waals surface area contributed by atoms with Crippen molar-refractivity contribution < 1.29 is 23.9 Å². The molecule has 7 heteroatoms. The van der Waals surface area contributed by atoms with Crippen LogP contribution in [0, 0.1) is 5.92 Å². The summed E-state index contributed by atoms with van der Waals surface area (Å²) >= 11 is 0. The number of para-hydroxylation sites is 1. The van der Waals surface area contributed by atoms with Crippen molar-refractivity contribution in [3.05, 3.63) is 65.7 Å². The number of anilines is 1. The second-order valence-electron chi connectivity index (χ2n) is 9.33. The van der Waals surface area contributed by atoms with Crippen molar-refractivity contribution in [3.63, 3.8) is 0 Å². The molecule has 5 rings (SSSR count). The molecule has 0 radical (unpaired) electrons. The smallest absolute Gasteiger partial charge is 0.414 e. The fourth-order valence-corrected chi connectivity index (χ4v) is 5.32. The minimum Gasteiger partial charge on any atom is -0.469 e. The van der Waals surface area contributed by atoms with E-state index in [9.17, 15) is 14.4 Å². The highest BCUT2D eigenvalue weighted by atomic mass is 16.6. The maximum absolute atomic E-state index is 13.3. The fraction of sp³-hybridized carbons (Fsp3) is 0.444. The average Bonchev–Trinajstić information content (AvgIpc) is 3.68. The van der Waals surface area contributed by atoms with Crippen LogP contribution in [0.2, 0.25) is 0 Å². The lowest BCUT2D eigenvalue weighted by molar-refractivity contribution is -0.145. The number of esters is 1. The van der Waals surface area contributed by atoms with E-state index in [-0.39, 0.29) is 61.5 Å². The van der Waals surface area contributed by atoms with Crippen LogP contribution in [0.3, 0.4) is 0 Å². The molecule has 7 nitrogen and oxygen atoms in total. The number of amides is 2. The molecule has 3 atom stereocenters. The van der Waals surface area contributed by atoms with E-state index in [1.807, 2.05) is 59.5 Å². The molecule has 1 aliphatic heterocycles. The summed E-state index contributed by atoms with van der Waals surface area (Å²) < 4.78 is 10.4. The van der Waals surface area contributed by atoms with E-state index >= 15 is 0 Å². The van der Waals surface area contributed by atoms with E-state index < -0.39 is 0 Å². The first-order chi connectivity index (χ1) is 16.6. The van der Waals surface area contributed by atoms with E-state index in [4.69, 9.17) is 9.47 Å². The van der Waals surface area contributed by atoms with Crippen molar-refractivity contribution in [1.29, 1.82) is 0 Å². The lowest BCUT2D eigenvalue weighted by atomic mass is 9.68. The molecule has 178 valence electrons. The molecular formula is C27H30N2O5. The molecule has 2 aromatic rings. The highest BCUT2D eigenvalue weighted by Gasteiger charge is 2.53. The zero-order valence-corrected chi connectivity index (χ0v) is 19.4. The van der Waals surface area contributed by atoms with Gasteiger partial charge in [-0.3, -0.25) is 14.5 Å². The van der Waals surface area contributed by atoms with Gasteiger partial charge in [0.2, 0.25) is 5.91 Å². The normalized spacial score (nSPS) is 22.6. The number of hydrogen-bond donors (Lipinski definition) is 0. The van der Waals surface area contributed by atoms with Crippen molar-refractivity contribution in [3.8, 4) is 0 Å². The SMILES string of the molecule is COC(=O)CCC(=O)N(C1CC1)C1c2ccccc2N(C(=O)OCc2ccccc2)C2CCC21. The summed E-state index contributed by atoms with van der Waals surface area (Å²) in [6.45, 7) is 0.222. The van der Waals surface area contributed by atoms with E-state index in [1.165, 1.54) is 7.11 Å². The number of benzene rings is 2. The molecule has 0 bridgehead atoms. The molecule has 1 heterocycles. The number of fused-ring (bicyclic) bond motifs is 2. The zero-order valence-electron chi connectivity index (χ0n) is 19.4. The van der Waals surface area contributed by atoms with Crippen LogP contribution in [-0.2, 0) is 25.7 Å². The molecule has 2 fully saturated rings. The predicted molar refractivity (Wildman–Crippen MR) is 126 cm³/mol. The highest BCUT2D eigenvalue weighted by molar-refractivity contribution is 5.91. The van der Waals surface area contributed by atoms with Gasteiger partial charge in [-0.05, 0) is 42.9 Å². The topological polar surface area (TPSA) is 76.2 Å². The molecule has 0 spiro atoms. The molecular weight excluding hydrogens is 432 g/mol. The Balaban J connectivity index is 1.41. The van der Waals surface area contributed by atoms with E-state index in [0.29, 0.717) is 0 Å². The number of nitrogens with zero attached hydrogens (tertiary/aromatic N) is 2. The van der Waals surface area contributed by atoms with Gasteiger partial charge in [0, 0.05) is 24.4 Å². The number of ether oxygens (including phenoxy) is 2. The lowest BCUT2D eigenvalue weighted by Gasteiger charge is -2.54. The van der Waals surface area contributed by atoms with Crippen LogP contribution in [-0.4, -0.2) is 42.1 Å². The first-order valence-corrected chi connectivity index (χ1v) is 12.0.